The number of phenolic OH excluding ortho intramolecular Hbond substituents is 4. The molecule has 0 amide bonds. The van der Waals surface area contributed by atoms with Crippen LogP contribution in [0.3, 0.4) is 0 Å². The minimum atomic E-state index is -0.744. The molecule has 4 aromatic rings. The Kier molecular flexibility index (Phi) is 8.58. The number of carbonyl (C=O) groups is 4. The number of hydrogen-bond acceptors (Lipinski definition) is 8. The Hall–Kier alpha value is -5.76. The minimum absolute atomic E-state index is 0.0406. The molecule has 0 saturated carbocycles. The molecule has 4 aromatic carbocycles. The van der Waals surface area contributed by atoms with Gasteiger partial charge in [-0.2, -0.15) is 0 Å². The summed E-state index contributed by atoms with van der Waals surface area (Å²) in [7, 11) is 0. The van der Waals surface area contributed by atoms with Crippen LogP contribution < -0.4 is 0 Å². The maximum Gasteiger partial charge on any atom is 0.195 e. The molecule has 0 heterocycles. The normalized spacial score (nSPS) is 14.5. The Morgan fingerprint density at radius 1 is 0.479 bits per heavy atom. The van der Waals surface area contributed by atoms with E-state index in [9.17, 15) is 39.6 Å². The topological polar surface area (TPSA) is 149 Å². The van der Waals surface area contributed by atoms with E-state index >= 15 is 0 Å². The van der Waals surface area contributed by atoms with Crippen LogP contribution in [0.25, 0.3) is 0 Å². The van der Waals surface area contributed by atoms with Gasteiger partial charge in [0.2, 0.25) is 0 Å². The van der Waals surface area contributed by atoms with Gasteiger partial charge in [0.25, 0.3) is 0 Å². The lowest BCUT2D eigenvalue weighted by atomic mass is 9.72. The van der Waals surface area contributed by atoms with Crippen LogP contribution in [0.5, 0.6) is 23.0 Å². The summed E-state index contributed by atoms with van der Waals surface area (Å²) >= 11 is 0. The number of aromatic hydroxyl groups is 4. The summed E-state index contributed by atoms with van der Waals surface area (Å²) in [4.78, 5) is 56.3. The molecule has 0 atom stereocenters. The summed E-state index contributed by atoms with van der Waals surface area (Å²) < 4.78 is 0. The molecular weight excluding hydrogens is 608 g/mol. The monoisotopic (exact) mass is 642 g/mol. The molecule has 2 aliphatic carbocycles. The number of hydrogen-bond donors (Lipinski definition) is 4. The second-order valence-electron chi connectivity index (χ2n) is 12.3. The van der Waals surface area contributed by atoms with Crippen LogP contribution in [0, 0.1) is 0 Å². The van der Waals surface area contributed by atoms with Gasteiger partial charge in [-0.05, 0) is 75.6 Å². The highest BCUT2D eigenvalue weighted by molar-refractivity contribution is 6.37. The summed E-state index contributed by atoms with van der Waals surface area (Å²) in [6, 6.07) is 21.3. The van der Waals surface area contributed by atoms with E-state index in [0.717, 1.165) is 23.3 Å². The van der Waals surface area contributed by atoms with E-state index in [1.165, 1.54) is 13.8 Å². The number of carbonyl (C=O) groups excluding carboxylic acids is 4. The van der Waals surface area contributed by atoms with Gasteiger partial charge in [0.15, 0.2) is 46.1 Å². The van der Waals surface area contributed by atoms with E-state index in [1.54, 1.807) is 0 Å². The van der Waals surface area contributed by atoms with Crippen LogP contribution >= 0.6 is 0 Å². The molecule has 2 aliphatic rings. The quantitative estimate of drug-likeness (QED) is 0.143. The Morgan fingerprint density at radius 3 is 1.19 bits per heavy atom. The van der Waals surface area contributed by atoms with Crippen LogP contribution in [0.2, 0.25) is 0 Å². The third kappa shape index (κ3) is 5.49. The van der Waals surface area contributed by atoms with Gasteiger partial charge in [0.05, 0.1) is 0 Å². The lowest BCUT2D eigenvalue weighted by Crippen LogP contribution is -2.30. The fourth-order valence-electron chi connectivity index (χ4n) is 6.83. The van der Waals surface area contributed by atoms with Crippen LogP contribution in [-0.2, 0) is 25.7 Å². The Balaban J connectivity index is 1.37. The Bertz CT molecular complexity index is 1930. The lowest BCUT2D eigenvalue weighted by molar-refractivity contribution is 0.0951. The maximum atomic E-state index is 14.2. The Morgan fingerprint density at radius 2 is 0.833 bits per heavy atom. The van der Waals surface area contributed by atoms with Crippen LogP contribution in [0.1, 0.15) is 90.4 Å². The lowest BCUT2D eigenvalue weighted by Gasteiger charge is -2.27. The first-order valence-corrected chi connectivity index (χ1v) is 15.9. The average Bonchev–Trinajstić information content (AvgIpc) is 3.08. The molecule has 0 radical (unpaired) electrons. The molecular formula is C40H34O8. The summed E-state index contributed by atoms with van der Waals surface area (Å²) in [6.45, 7) is 2.79. The predicted molar refractivity (Wildman–Crippen MR) is 179 cm³/mol. The van der Waals surface area contributed by atoms with Crippen molar-refractivity contribution in [2.75, 3.05) is 0 Å². The molecule has 4 N–H and O–H groups in total. The molecule has 6 rings (SSSR count). The molecule has 8 nitrogen and oxygen atoms in total. The summed E-state index contributed by atoms with van der Waals surface area (Å²) in [5.74, 6) is -4.82. The number of aryl methyl sites for hydroxylation is 2. The van der Waals surface area contributed by atoms with Gasteiger partial charge >= 0.3 is 0 Å². The van der Waals surface area contributed by atoms with Gasteiger partial charge in [-0.1, -0.05) is 60.7 Å². The highest BCUT2D eigenvalue weighted by Gasteiger charge is 2.42. The SMILES string of the molecule is CC1=C(C2=C(C)C(=O)c3c(cc(O)c(O)c3CCCc3ccccc3)C2=O)C(=O)c2cc(O)c(O)c(CCCc3ccccc3)c2C1=O. The van der Waals surface area contributed by atoms with E-state index in [0.29, 0.717) is 25.7 Å². The standard InChI is InChI=1S/C40H34O8/c1-21-31(39(47)27-19-29(41)37(45)25(33(27)35(21)43)17-9-15-23-11-5-3-6-12-23)32-22(2)36(44)34-26(18-10-16-24-13-7-4-8-14-24)38(46)30(42)20-28(34)40(32)48/h3-8,11-14,19-20,41-42,45-46H,9-10,15-18H2,1-2H3. The van der Waals surface area contributed by atoms with E-state index in [1.807, 2.05) is 60.7 Å². The summed E-state index contributed by atoms with van der Waals surface area (Å²) in [5, 5.41) is 42.9. The van der Waals surface area contributed by atoms with Crippen LogP contribution in [-0.4, -0.2) is 43.6 Å². The summed E-state index contributed by atoms with van der Waals surface area (Å²) in [6.07, 6.45) is 2.69. The zero-order chi connectivity index (χ0) is 34.3. The van der Waals surface area contributed by atoms with E-state index < -0.39 is 46.1 Å². The molecule has 0 unspecified atom stereocenters. The van der Waals surface area contributed by atoms with Crippen LogP contribution in [0.15, 0.2) is 95.1 Å². The van der Waals surface area contributed by atoms with Gasteiger partial charge in [-0.15, -0.1) is 0 Å². The minimum Gasteiger partial charge on any atom is -0.504 e. The molecule has 0 saturated heterocycles. The van der Waals surface area contributed by atoms with Crippen molar-refractivity contribution in [1.29, 1.82) is 0 Å². The molecule has 48 heavy (non-hydrogen) atoms. The second kappa shape index (κ2) is 12.8. The highest BCUT2D eigenvalue weighted by Crippen LogP contribution is 2.45. The highest BCUT2D eigenvalue weighted by atomic mass is 16.3. The number of fused-ring (bicyclic) bond motifs is 2. The molecule has 242 valence electrons. The van der Waals surface area contributed by atoms with Gasteiger partial charge in [0, 0.05) is 55.7 Å². The number of Topliss-reactive ketones (excluding diaryl/α,β-unsaturated/α-hetero) is 4. The van der Waals surface area contributed by atoms with Crippen molar-refractivity contribution in [3.63, 3.8) is 0 Å². The fraction of sp³-hybridized carbons (Fsp3) is 0.200. The van der Waals surface area contributed by atoms with Crippen molar-refractivity contribution < 1.29 is 39.6 Å². The number of ketones is 4. The Labute approximate surface area is 277 Å². The molecule has 0 fully saturated rings. The first kappa shape index (κ1) is 32.2. The molecule has 0 aliphatic heterocycles. The third-order valence-electron chi connectivity index (χ3n) is 9.31. The zero-order valence-corrected chi connectivity index (χ0v) is 26.6. The molecule has 0 spiro atoms. The van der Waals surface area contributed by atoms with Gasteiger partial charge in [-0.25, -0.2) is 0 Å². The van der Waals surface area contributed by atoms with Gasteiger partial charge in [0.1, 0.15) is 0 Å². The van der Waals surface area contributed by atoms with E-state index in [4.69, 9.17) is 0 Å². The van der Waals surface area contributed by atoms with Crippen molar-refractivity contribution in [3.05, 3.63) is 140 Å². The van der Waals surface area contributed by atoms with E-state index in [2.05, 4.69) is 0 Å². The van der Waals surface area contributed by atoms with Gasteiger partial charge in [-0.3, -0.25) is 19.2 Å². The van der Waals surface area contributed by atoms with Gasteiger partial charge < -0.3 is 20.4 Å². The zero-order valence-electron chi connectivity index (χ0n) is 26.6. The largest absolute Gasteiger partial charge is 0.504 e. The van der Waals surface area contributed by atoms with Crippen molar-refractivity contribution in [1.82, 2.24) is 0 Å². The number of phenols is 4. The first-order chi connectivity index (χ1) is 23.0. The van der Waals surface area contributed by atoms with E-state index in [-0.39, 0.29) is 68.5 Å². The summed E-state index contributed by atoms with van der Waals surface area (Å²) in [5.41, 5.74) is 1.25. The molecule has 0 bridgehead atoms. The average molecular weight is 643 g/mol. The smallest absolute Gasteiger partial charge is 0.195 e. The van der Waals surface area contributed by atoms with Crippen LogP contribution in [0.4, 0.5) is 0 Å². The van der Waals surface area contributed by atoms with Crippen molar-refractivity contribution in [3.8, 4) is 23.0 Å². The third-order valence-corrected chi connectivity index (χ3v) is 9.31. The van der Waals surface area contributed by atoms with Crippen molar-refractivity contribution in [2.45, 2.75) is 52.4 Å². The number of benzene rings is 4. The predicted octanol–water partition coefficient (Wildman–Crippen LogP) is 6.95. The van der Waals surface area contributed by atoms with Crippen molar-refractivity contribution >= 4 is 23.1 Å². The number of allylic oxidation sites excluding steroid dienone is 4. The maximum absolute atomic E-state index is 14.2. The fourth-order valence-corrected chi connectivity index (χ4v) is 6.83. The second-order valence-corrected chi connectivity index (χ2v) is 12.3. The number of rotatable bonds is 9. The van der Waals surface area contributed by atoms with Crippen molar-refractivity contribution in [2.24, 2.45) is 0 Å². The molecule has 0 aromatic heterocycles. The first-order valence-electron chi connectivity index (χ1n) is 15.9. The molecule has 8 heteroatoms.